The van der Waals surface area contributed by atoms with Gasteiger partial charge in [0, 0.05) is 16.7 Å². The van der Waals surface area contributed by atoms with Crippen molar-refractivity contribution < 1.29 is 45.0 Å². The predicted octanol–water partition coefficient (Wildman–Crippen LogP) is 0.176. The van der Waals surface area contributed by atoms with E-state index in [0.29, 0.717) is 0 Å². The van der Waals surface area contributed by atoms with E-state index >= 15 is 0 Å². The van der Waals surface area contributed by atoms with E-state index in [9.17, 15) is 45.0 Å². The summed E-state index contributed by atoms with van der Waals surface area (Å²) in [5.74, 6) is -2.48. The predicted molar refractivity (Wildman–Crippen MR) is 168 cm³/mol. The fourth-order valence-corrected chi connectivity index (χ4v) is 4.51. The van der Waals surface area contributed by atoms with Crippen LogP contribution in [0.5, 0.6) is 0 Å². The van der Waals surface area contributed by atoms with E-state index in [1.54, 1.807) is 36.4 Å². The molecule has 0 heterocycles. The van der Waals surface area contributed by atoms with Crippen LogP contribution < -0.4 is 16.0 Å². The van der Waals surface area contributed by atoms with Gasteiger partial charge in [0.25, 0.3) is 17.7 Å². The zero-order valence-corrected chi connectivity index (χ0v) is 25.9. The standard InChI is InChI=1S/C33H42N4O9/c1-4-19-7-13-22(14-8-19)25(38)34-28(41)31(44)37(32(45)29(42)35-26(39)23-15-9-20(5-2)10-16-23)33(46)30(43)36-27(40)24-17-11-21(6-3)12-18-24/h7-18,28-33,41-46H,4-6H2,1-3H3,(H,34,38)(H,35,39)(H,36,40). The molecule has 0 spiro atoms. The first-order valence-corrected chi connectivity index (χ1v) is 14.9. The van der Waals surface area contributed by atoms with Crippen molar-refractivity contribution in [1.82, 2.24) is 20.9 Å². The van der Waals surface area contributed by atoms with Crippen molar-refractivity contribution in [2.45, 2.75) is 77.4 Å². The molecule has 3 rings (SSSR count). The molecule has 0 aliphatic rings. The summed E-state index contributed by atoms with van der Waals surface area (Å²) in [4.78, 5) is 38.5. The highest BCUT2D eigenvalue weighted by Crippen LogP contribution is 2.16. The van der Waals surface area contributed by atoms with E-state index in [2.05, 4.69) is 16.0 Å². The number of aliphatic hydroxyl groups excluding tert-OH is 6. The minimum atomic E-state index is -2.39. The maximum atomic E-state index is 12.7. The summed E-state index contributed by atoms with van der Waals surface area (Å²) < 4.78 is 0. The molecule has 0 aliphatic heterocycles. The van der Waals surface area contributed by atoms with Crippen molar-refractivity contribution in [2.75, 3.05) is 0 Å². The van der Waals surface area contributed by atoms with Crippen LogP contribution >= 0.6 is 0 Å². The summed E-state index contributed by atoms with van der Waals surface area (Å²) in [6, 6.07) is 19.1. The molecular formula is C33H42N4O9. The molecular weight excluding hydrogens is 596 g/mol. The van der Waals surface area contributed by atoms with Crippen molar-refractivity contribution >= 4 is 17.7 Å². The van der Waals surface area contributed by atoms with Crippen LogP contribution in [0.2, 0.25) is 0 Å². The summed E-state index contributed by atoms with van der Waals surface area (Å²) in [5.41, 5.74) is 3.22. The topological polar surface area (TPSA) is 212 Å². The molecule has 0 fully saturated rings. The Morgan fingerprint density at radius 3 is 0.891 bits per heavy atom. The quantitative estimate of drug-likeness (QED) is 0.103. The number of hydrogen-bond donors (Lipinski definition) is 9. The number of benzene rings is 3. The number of nitrogens with one attached hydrogen (secondary N) is 3. The third kappa shape index (κ3) is 9.40. The number of hydrogen-bond acceptors (Lipinski definition) is 10. The minimum Gasteiger partial charge on any atom is -0.373 e. The summed E-state index contributed by atoms with van der Waals surface area (Å²) in [5, 5.41) is 71.5. The Balaban J connectivity index is 1.82. The van der Waals surface area contributed by atoms with Crippen LogP contribution in [0.25, 0.3) is 0 Å². The zero-order valence-electron chi connectivity index (χ0n) is 25.9. The van der Waals surface area contributed by atoms with Gasteiger partial charge in [-0.1, -0.05) is 57.2 Å². The zero-order chi connectivity index (χ0) is 34.0. The van der Waals surface area contributed by atoms with Gasteiger partial charge in [-0.25, -0.2) is 4.90 Å². The molecule has 0 aromatic heterocycles. The lowest BCUT2D eigenvalue weighted by molar-refractivity contribution is -0.254. The maximum absolute atomic E-state index is 12.7. The van der Waals surface area contributed by atoms with E-state index in [-0.39, 0.29) is 21.6 Å². The lowest BCUT2D eigenvalue weighted by atomic mass is 10.1. The van der Waals surface area contributed by atoms with Crippen LogP contribution in [-0.4, -0.2) is 90.6 Å². The lowest BCUT2D eigenvalue weighted by Gasteiger charge is -2.40. The first kappa shape index (κ1) is 36.3. The second-order valence-electron chi connectivity index (χ2n) is 10.6. The van der Waals surface area contributed by atoms with Crippen LogP contribution in [-0.2, 0) is 19.3 Å². The Morgan fingerprint density at radius 1 is 0.478 bits per heavy atom. The summed E-state index contributed by atoms with van der Waals surface area (Å²) in [7, 11) is 0. The van der Waals surface area contributed by atoms with Gasteiger partial charge in [0.1, 0.15) is 0 Å². The molecule has 6 unspecified atom stereocenters. The SMILES string of the molecule is CCc1ccc(C(=O)NC(O)C(O)N(C(O)C(O)NC(=O)c2ccc(CC)cc2)C(O)C(O)NC(=O)c2ccc(CC)cc2)cc1. The number of carbonyl (C=O) groups is 3. The number of aryl methyl sites for hydroxylation is 3. The maximum Gasteiger partial charge on any atom is 0.253 e. The first-order chi connectivity index (χ1) is 21.9. The van der Waals surface area contributed by atoms with Gasteiger partial charge in [-0.2, -0.15) is 0 Å². The van der Waals surface area contributed by atoms with Gasteiger partial charge in [0.2, 0.25) is 0 Å². The molecule has 46 heavy (non-hydrogen) atoms. The molecule has 6 atom stereocenters. The Kier molecular flexibility index (Phi) is 13.3. The normalized spacial score (nSPS) is 15.3. The van der Waals surface area contributed by atoms with E-state index in [1.165, 1.54) is 36.4 Å². The fourth-order valence-electron chi connectivity index (χ4n) is 4.51. The van der Waals surface area contributed by atoms with E-state index in [4.69, 9.17) is 0 Å². The lowest BCUT2D eigenvalue weighted by Crippen LogP contribution is -2.66. The van der Waals surface area contributed by atoms with Gasteiger partial charge in [0.05, 0.1) is 0 Å². The van der Waals surface area contributed by atoms with E-state index < -0.39 is 55.1 Å². The van der Waals surface area contributed by atoms with Gasteiger partial charge in [-0.05, 0) is 72.4 Å². The molecule has 248 valence electrons. The molecule has 0 saturated heterocycles. The van der Waals surface area contributed by atoms with Crippen LogP contribution in [0.1, 0.15) is 68.5 Å². The summed E-state index contributed by atoms with van der Waals surface area (Å²) in [6.07, 6.45) is -11.6. The molecule has 0 aliphatic carbocycles. The molecule has 9 N–H and O–H groups in total. The molecule has 3 amide bonds. The molecule has 13 nitrogen and oxygen atoms in total. The Bertz CT molecular complexity index is 1260. The van der Waals surface area contributed by atoms with E-state index in [0.717, 1.165) is 36.0 Å². The molecule has 3 aromatic carbocycles. The largest absolute Gasteiger partial charge is 0.373 e. The monoisotopic (exact) mass is 638 g/mol. The molecule has 13 heteroatoms. The van der Waals surface area contributed by atoms with Crippen LogP contribution in [0, 0.1) is 0 Å². The third-order valence-corrected chi connectivity index (χ3v) is 7.47. The molecule has 0 radical (unpaired) electrons. The van der Waals surface area contributed by atoms with Gasteiger partial charge < -0.3 is 46.6 Å². The molecule has 3 aromatic rings. The van der Waals surface area contributed by atoms with Gasteiger partial charge in [-0.3, -0.25) is 14.4 Å². The summed E-state index contributed by atoms with van der Waals surface area (Å²) in [6.45, 7) is 5.79. The second kappa shape index (κ2) is 16.9. The fraction of sp³-hybridized carbons (Fsp3) is 0.364. The number of amides is 3. The average molecular weight is 639 g/mol. The minimum absolute atomic E-state index is 0.124. The third-order valence-electron chi connectivity index (χ3n) is 7.47. The Morgan fingerprint density at radius 2 is 0.696 bits per heavy atom. The van der Waals surface area contributed by atoms with Crippen molar-refractivity contribution in [3.63, 3.8) is 0 Å². The first-order valence-electron chi connectivity index (χ1n) is 14.9. The second-order valence-corrected chi connectivity index (χ2v) is 10.6. The highest BCUT2D eigenvalue weighted by molar-refractivity contribution is 5.95. The van der Waals surface area contributed by atoms with Crippen LogP contribution in [0.15, 0.2) is 72.8 Å². The molecule has 0 saturated carbocycles. The summed E-state index contributed by atoms with van der Waals surface area (Å²) >= 11 is 0. The van der Waals surface area contributed by atoms with Crippen molar-refractivity contribution in [3.8, 4) is 0 Å². The number of aliphatic hydroxyl groups is 6. The van der Waals surface area contributed by atoms with Crippen molar-refractivity contribution in [3.05, 3.63) is 106 Å². The van der Waals surface area contributed by atoms with Gasteiger partial charge in [0.15, 0.2) is 37.4 Å². The Labute approximate surface area is 267 Å². The van der Waals surface area contributed by atoms with Gasteiger partial charge in [-0.15, -0.1) is 0 Å². The highest BCUT2D eigenvalue weighted by Gasteiger charge is 2.41. The van der Waals surface area contributed by atoms with E-state index in [1.807, 2.05) is 20.8 Å². The smallest absolute Gasteiger partial charge is 0.253 e. The Hall–Kier alpha value is -4.21. The number of nitrogens with zero attached hydrogens (tertiary/aromatic N) is 1. The number of rotatable bonds is 15. The van der Waals surface area contributed by atoms with Crippen molar-refractivity contribution in [2.24, 2.45) is 0 Å². The van der Waals surface area contributed by atoms with Crippen LogP contribution in [0.3, 0.4) is 0 Å². The van der Waals surface area contributed by atoms with Crippen molar-refractivity contribution in [1.29, 1.82) is 0 Å². The average Bonchev–Trinajstić information content (AvgIpc) is 3.07. The molecule has 0 bridgehead atoms. The highest BCUT2D eigenvalue weighted by atomic mass is 16.4. The van der Waals surface area contributed by atoms with Gasteiger partial charge >= 0.3 is 0 Å². The van der Waals surface area contributed by atoms with Crippen LogP contribution in [0.4, 0.5) is 0 Å². The number of carbonyl (C=O) groups excluding carboxylic acids is 3.